The van der Waals surface area contributed by atoms with Gasteiger partial charge in [0.25, 0.3) is 0 Å². The van der Waals surface area contributed by atoms with Crippen LogP contribution in [0.3, 0.4) is 0 Å². The van der Waals surface area contributed by atoms with Crippen molar-refractivity contribution in [1.29, 1.82) is 0 Å². The summed E-state index contributed by atoms with van der Waals surface area (Å²) in [4.78, 5) is 21.8. The van der Waals surface area contributed by atoms with Crippen LogP contribution in [0.1, 0.15) is 26.2 Å². The summed E-state index contributed by atoms with van der Waals surface area (Å²) in [6.45, 7) is 2.02. The van der Waals surface area contributed by atoms with Gasteiger partial charge in [0.15, 0.2) is 5.78 Å². The molecule has 0 aromatic heterocycles. The smallest absolute Gasteiger partial charge is 0.321 e. The average Bonchev–Trinajstić information content (AvgIpc) is 2.23. The first-order valence-corrected chi connectivity index (χ1v) is 5.72. The first kappa shape index (κ1) is 13.0. The molecule has 0 spiro atoms. The molecule has 0 aliphatic heterocycles. The highest BCUT2D eigenvalue weighted by Crippen LogP contribution is 2.36. The van der Waals surface area contributed by atoms with E-state index in [-0.39, 0.29) is 11.2 Å². The van der Waals surface area contributed by atoms with E-state index in [1.54, 1.807) is 12.2 Å². The second-order valence-electron chi connectivity index (χ2n) is 4.06. The van der Waals surface area contributed by atoms with E-state index >= 15 is 0 Å². The van der Waals surface area contributed by atoms with Gasteiger partial charge < -0.3 is 5.11 Å². The molecule has 88 valence electrons. The fourth-order valence-corrected chi connectivity index (χ4v) is 2.19. The number of allylic oxidation sites excluding steroid dienone is 4. The fourth-order valence-electron chi connectivity index (χ4n) is 1.90. The monoisotopic (exact) mass is 242 g/mol. The van der Waals surface area contributed by atoms with Gasteiger partial charge in [-0.2, -0.15) is 0 Å². The number of carboxylic acids is 1. The molecule has 1 aliphatic carbocycles. The molecule has 1 unspecified atom stereocenters. The summed E-state index contributed by atoms with van der Waals surface area (Å²) in [6, 6.07) is 0. The Morgan fingerprint density at radius 3 is 2.50 bits per heavy atom. The summed E-state index contributed by atoms with van der Waals surface area (Å²) in [5, 5.41) is 7.88. The highest BCUT2D eigenvalue weighted by molar-refractivity contribution is 6.29. The molecule has 16 heavy (non-hydrogen) atoms. The van der Waals surface area contributed by atoms with Crippen LogP contribution in [-0.4, -0.2) is 22.2 Å². The number of ketones is 1. The van der Waals surface area contributed by atoms with Crippen molar-refractivity contribution in [3.8, 4) is 0 Å². The number of rotatable bonds is 5. The molecule has 1 aliphatic rings. The molecule has 0 bridgehead atoms. The minimum Gasteiger partial charge on any atom is -0.480 e. The van der Waals surface area contributed by atoms with Crippen LogP contribution >= 0.6 is 11.6 Å². The van der Waals surface area contributed by atoms with Gasteiger partial charge in [-0.05, 0) is 25.0 Å². The van der Waals surface area contributed by atoms with E-state index in [4.69, 9.17) is 16.7 Å². The Hall–Kier alpha value is -1.09. The Morgan fingerprint density at radius 2 is 2.06 bits per heavy atom. The molecule has 0 radical (unpaired) electrons. The number of carbonyl (C=O) groups is 2. The van der Waals surface area contributed by atoms with Crippen molar-refractivity contribution in [3.63, 3.8) is 0 Å². The second-order valence-corrected chi connectivity index (χ2v) is 4.59. The van der Waals surface area contributed by atoms with Crippen LogP contribution in [-0.2, 0) is 9.59 Å². The molecule has 0 saturated heterocycles. The lowest BCUT2D eigenvalue weighted by Crippen LogP contribution is -2.26. The molecule has 0 aromatic rings. The van der Waals surface area contributed by atoms with Crippen molar-refractivity contribution in [3.05, 3.63) is 24.3 Å². The number of aliphatic carboxylic acids is 1. The lowest BCUT2D eigenvalue weighted by molar-refractivity contribution is -0.137. The van der Waals surface area contributed by atoms with E-state index in [0.29, 0.717) is 6.42 Å². The molecular formula is C12H15ClO3. The number of carboxylic acid groups (broad SMARTS) is 1. The Labute approximate surface area is 99.8 Å². The molecule has 0 amide bonds. The highest BCUT2D eigenvalue weighted by atomic mass is 35.5. The van der Waals surface area contributed by atoms with Gasteiger partial charge in [0, 0.05) is 5.41 Å². The maximum Gasteiger partial charge on any atom is 0.321 e. The van der Waals surface area contributed by atoms with Crippen LogP contribution in [0.2, 0.25) is 0 Å². The van der Waals surface area contributed by atoms with Crippen molar-refractivity contribution in [2.75, 3.05) is 0 Å². The third-order valence-corrected chi connectivity index (χ3v) is 3.04. The Balaban J connectivity index is 2.82. The molecule has 1 N–H and O–H groups in total. The van der Waals surface area contributed by atoms with Gasteiger partial charge >= 0.3 is 5.97 Å². The topological polar surface area (TPSA) is 54.4 Å². The zero-order valence-electron chi connectivity index (χ0n) is 9.15. The van der Waals surface area contributed by atoms with Crippen LogP contribution in [0.5, 0.6) is 0 Å². The van der Waals surface area contributed by atoms with Gasteiger partial charge in [-0.3, -0.25) is 9.59 Å². The minimum absolute atomic E-state index is 0.0619. The zero-order valence-corrected chi connectivity index (χ0v) is 9.91. The molecule has 0 heterocycles. The Morgan fingerprint density at radius 1 is 1.50 bits per heavy atom. The summed E-state index contributed by atoms with van der Waals surface area (Å²) >= 11 is 5.76. The number of alkyl halides is 1. The van der Waals surface area contributed by atoms with Gasteiger partial charge in [-0.25, -0.2) is 0 Å². The van der Waals surface area contributed by atoms with E-state index in [9.17, 15) is 9.59 Å². The first-order chi connectivity index (χ1) is 7.49. The summed E-state index contributed by atoms with van der Waals surface area (Å²) in [5.41, 5.74) is -0.381. The molecule has 1 rings (SSSR count). The third kappa shape index (κ3) is 3.20. The second kappa shape index (κ2) is 5.30. The van der Waals surface area contributed by atoms with Crippen molar-refractivity contribution >= 4 is 23.4 Å². The predicted octanol–water partition coefficient (Wildman–Crippen LogP) is 2.55. The van der Waals surface area contributed by atoms with Crippen LogP contribution in [0.25, 0.3) is 0 Å². The van der Waals surface area contributed by atoms with Gasteiger partial charge in [0.1, 0.15) is 5.38 Å². The maximum atomic E-state index is 11.1. The summed E-state index contributed by atoms with van der Waals surface area (Å²) < 4.78 is 0. The van der Waals surface area contributed by atoms with Gasteiger partial charge in [0.2, 0.25) is 0 Å². The van der Waals surface area contributed by atoms with E-state index in [0.717, 1.165) is 12.8 Å². The van der Waals surface area contributed by atoms with Crippen LogP contribution in [0.4, 0.5) is 0 Å². The largest absolute Gasteiger partial charge is 0.480 e. The Kier molecular flexibility index (Phi) is 4.30. The predicted molar refractivity (Wildman–Crippen MR) is 62.5 cm³/mol. The van der Waals surface area contributed by atoms with E-state index in [1.807, 2.05) is 6.92 Å². The number of hydrogen-bond acceptors (Lipinski definition) is 2. The average molecular weight is 243 g/mol. The molecule has 3 nitrogen and oxygen atoms in total. The quantitative estimate of drug-likeness (QED) is 0.754. The summed E-state index contributed by atoms with van der Waals surface area (Å²) in [6.07, 6.45) is 8.55. The summed E-state index contributed by atoms with van der Waals surface area (Å²) in [5.74, 6) is -1.08. The number of hydrogen-bond donors (Lipinski definition) is 1. The van der Waals surface area contributed by atoms with E-state index < -0.39 is 11.3 Å². The number of halogens is 1. The van der Waals surface area contributed by atoms with Crippen LogP contribution in [0, 0.1) is 5.41 Å². The fraction of sp³-hybridized carbons (Fsp3) is 0.500. The van der Waals surface area contributed by atoms with Gasteiger partial charge in [-0.15, -0.1) is 11.6 Å². The van der Waals surface area contributed by atoms with Gasteiger partial charge in [-0.1, -0.05) is 25.5 Å². The molecule has 4 heteroatoms. The molecule has 0 fully saturated rings. The normalized spacial score (nSPS) is 19.8. The lowest BCUT2D eigenvalue weighted by atomic mass is 9.76. The van der Waals surface area contributed by atoms with Crippen molar-refractivity contribution < 1.29 is 14.7 Å². The number of carbonyl (C=O) groups excluding carboxylic acids is 1. The molecular weight excluding hydrogens is 228 g/mol. The third-order valence-electron chi connectivity index (χ3n) is 2.70. The Bertz CT molecular complexity index is 328. The van der Waals surface area contributed by atoms with Crippen molar-refractivity contribution in [1.82, 2.24) is 0 Å². The molecule has 0 aromatic carbocycles. The molecule has 0 saturated carbocycles. The molecule has 1 atom stereocenters. The SMILES string of the molecule is CCCC1(CC(Cl)C(=O)O)C=CC(=O)C=C1. The standard InChI is InChI=1S/C12H15ClO3/c1-2-5-12(8-10(13)11(15)16)6-3-9(14)4-7-12/h3-4,6-7,10H,2,5,8H2,1H3,(H,15,16). The lowest BCUT2D eigenvalue weighted by Gasteiger charge is -2.29. The minimum atomic E-state index is -1.02. The van der Waals surface area contributed by atoms with Crippen molar-refractivity contribution in [2.24, 2.45) is 5.41 Å². The zero-order chi connectivity index (χ0) is 12.2. The van der Waals surface area contributed by atoms with Gasteiger partial charge in [0.05, 0.1) is 0 Å². The van der Waals surface area contributed by atoms with E-state index in [2.05, 4.69) is 0 Å². The highest BCUT2D eigenvalue weighted by Gasteiger charge is 2.31. The maximum absolute atomic E-state index is 11.1. The van der Waals surface area contributed by atoms with Crippen molar-refractivity contribution in [2.45, 2.75) is 31.6 Å². The summed E-state index contributed by atoms with van der Waals surface area (Å²) in [7, 11) is 0. The van der Waals surface area contributed by atoms with Crippen LogP contribution < -0.4 is 0 Å². The van der Waals surface area contributed by atoms with Crippen LogP contribution in [0.15, 0.2) is 24.3 Å². The first-order valence-electron chi connectivity index (χ1n) is 5.28. The van der Waals surface area contributed by atoms with E-state index in [1.165, 1.54) is 12.2 Å².